The van der Waals surface area contributed by atoms with Crippen molar-refractivity contribution in [3.05, 3.63) is 70.4 Å². The molecule has 10 heteroatoms. The summed E-state index contributed by atoms with van der Waals surface area (Å²) in [6.07, 6.45) is 0. The van der Waals surface area contributed by atoms with E-state index >= 15 is 0 Å². The van der Waals surface area contributed by atoms with E-state index in [1.165, 1.54) is 12.1 Å². The van der Waals surface area contributed by atoms with E-state index < -0.39 is 25.5 Å². The van der Waals surface area contributed by atoms with Crippen molar-refractivity contribution in [2.45, 2.75) is 11.4 Å². The number of rotatable bonds is 6. The molecule has 0 radical (unpaired) electrons. The quantitative estimate of drug-likeness (QED) is 0.492. The Morgan fingerprint density at radius 3 is 2.52 bits per heavy atom. The summed E-state index contributed by atoms with van der Waals surface area (Å²) in [6.45, 7) is 0.391. The molecule has 0 atom stereocenters. The van der Waals surface area contributed by atoms with Crippen LogP contribution >= 0.6 is 0 Å². The molecule has 1 aromatic heterocycles. The molecule has 2 aromatic carbocycles. The molecule has 3 rings (SSSR count). The first-order valence-corrected chi connectivity index (χ1v) is 9.42. The zero-order valence-corrected chi connectivity index (χ0v) is 15.2. The third kappa shape index (κ3) is 4.13. The lowest BCUT2D eigenvalue weighted by Gasteiger charge is -2.18. The molecule has 0 bridgehead atoms. The average Bonchev–Trinajstić information content (AvgIpc) is 3.09. The molecule has 9 nitrogen and oxygen atoms in total. The van der Waals surface area contributed by atoms with Gasteiger partial charge in [-0.25, -0.2) is 13.6 Å². The van der Waals surface area contributed by atoms with Crippen LogP contribution < -0.4 is 10.0 Å². The van der Waals surface area contributed by atoms with E-state index in [0.29, 0.717) is 12.2 Å². The normalized spacial score (nSPS) is 11.3. The largest absolute Gasteiger partial charge is 0.369 e. The number of aromatic amines is 1. The van der Waals surface area contributed by atoms with Gasteiger partial charge in [0.1, 0.15) is 0 Å². The maximum atomic E-state index is 11.7. The van der Waals surface area contributed by atoms with Crippen molar-refractivity contribution in [3.63, 3.8) is 0 Å². The van der Waals surface area contributed by atoms with Crippen LogP contribution in [-0.2, 0) is 16.6 Å². The van der Waals surface area contributed by atoms with Crippen molar-refractivity contribution in [2.75, 3.05) is 11.9 Å². The number of hydrogen-bond donors (Lipinski definition) is 2. The van der Waals surface area contributed by atoms with Gasteiger partial charge in [0, 0.05) is 24.4 Å². The van der Waals surface area contributed by atoms with Gasteiger partial charge >= 0.3 is 0 Å². The van der Waals surface area contributed by atoms with Crippen LogP contribution in [0.5, 0.6) is 0 Å². The summed E-state index contributed by atoms with van der Waals surface area (Å²) >= 11 is 0. The molecule has 0 saturated heterocycles. The highest BCUT2D eigenvalue weighted by atomic mass is 32.2. The fourth-order valence-electron chi connectivity index (χ4n) is 2.67. The van der Waals surface area contributed by atoms with Crippen molar-refractivity contribution in [1.82, 2.24) is 10.2 Å². The minimum Gasteiger partial charge on any atom is -0.369 e. The van der Waals surface area contributed by atoms with Gasteiger partial charge in [0.15, 0.2) is 4.90 Å². The molecule has 0 unspecified atom stereocenters. The molecule has 0 amide bonds. The number of nitro groups is 1. The predicted octanol–water partition coefficient (Wildman–Crippen LogP) is 2.27. The zero-order chi connectivity index (χ0) is 19.6. The number of hydrogen-bond acceptors (Lipinski definition) is 6. The summed E-state index contributed by atoms with van der Waals surface area (Å²) in [5.74, 6) is 0. The molecular weight excluding hydrogens is 370 g/mol. The first kappa shape index (κ1) is 18.5. The van der Waals surface area contributed by atoms with Crippen LogP contribution in [0, 0.1) is 10.1 Å². The lowest BCUT2D eigenvalue weighted by molar-refractivity contribution is -0.387. The van der Waals surface area contributed by atoms with Crippen LogP contribution in [0.4, 0.5) is 11.4 Å². The zero-order valence-electron chi connectivity index (χ0n) is 14.4. The van der Waals surface area contributed by atoms with Gasteiger partial charge in [-0.2, -0.15) is 5.10 Å². The maximum absolute atomic E-state index is 11.7. The smallest absolute Gasteiger partial charge is 0.289 e. The molecular formula is C17H17N5O4S. The first-order valence-electron chi connectivity index (χ1n) is 7.88. The highest BCUT2D eigenvalue weighted by molar-refractivity contribution is 7.89. The Morgan fingerprint density at radius 1 is 1.19 bits per heavy atom. The van der Waals surface area contributed by atoms with E-state index in [1.807, 2.05) is 36.4 Å². The molecule has 0 aliphatic rings. The molecule has 3 N–H and O–H groups in total. The Hall–Kier alpha value is -3.24. The number of benzene rings is 2. The number of aromatic nitrogens is 2. The van der Waals surface area contributed by atoms with Crippen LogP contribution in [0.1, 0.15) is 5.69 Å². The Kier molecular flexibility index (Phi) is 4.93. The van der Waals surface area contributed by atoms with Crippen LogP contribution in [0.25, 0.3) is 11.3 Å². The van der Waals surface area contributed by atoms with Crippen molar-refractivity contribution in [3.8, 4) is 11.3 Å². The van der Waals surface area contributed by atoms with Gasteiger partial charge in [-0.1, -0.05) is 30.3 Å². The molecule has 140 valence electrons. The molecule has 1 heterocycles. The van der Waals surface area contributed by atoms with Crippen molar-refractivity contribution < 1.29 is 13.3 Å². The fourth-order valence-corrected chi connectivity index (χ4v) is 3.38. The standard InChI is InChI=1S/C17H17N5O4S/c1-21(11-13-9-15(20-19-13)12-5-3-2-4-6-12)14-7-8-16(22(23)24)17(10-14)27(18,25)26/h2-10H,11H2,1H3,(H,19,20)(H2,18,25,26). The van der Waals surface area contributed by atoms with E-state index in [-0.39, 0.29) is 0 Å². The number of nitro benzene ring substituents is 1. The summed E-state index contributed by atoms with van der Waals surface area (Å²) in [7, 11) is -2.49. The first-order chi connectivity index (χ1) is 12.8. The third-order valence-electron chi connectivity index (χ3n) is 4.00. The predicted molar refractivity (Wildman–Crippen MR) is 101 cm³/mol. The second-order valence-electron chi connectivity index (χ2n) is 5.95. The van der Waals surface area contributed by atoms with E-state index in [0.717, 1.165) is 23.0 Å². The van der Waals surface area contributed by atoms with Gasteiger partial charge in [0.05, 0.1) is 22.9 Å². The van der Waals surface area contributed by atoms with Gasteiger partial charge in [-0.05, 0) is 18.2 Å². The number of sulfonamides is 1. The number of nitrogens with two attached hydrogens (primary N) is 1. The van der Waals surface area contributed by atoms with E-state index in [2.05, 4.69) is 10.2 Å². The average molecular weight is 387 g/mol. The second kappa shape index (κ2) is 7.17. The van der Waals surface area contributed by atoms with Gasteiger partial charge in [-0.3, -0.25) is 15.2 Å². The molecule has 0 saturated carbocycles. The van der Waals surface area contributed by atoms with Crippen LogP contribution in [0.2, 0.25) is 0 Å². The van der Waals surface area contributed by atoms with Crippen molar-refractivity contribution >= 4 is 21.4 Å². The topological polar surface area (TPSA) is 135 Å². The number of nitrogens with zero attached hydrogens (tertiary/aromatic N) is 3. The van der Waals surface area contributed by atoms with Gasteiger partial charge < -0.3 is 4.90 Å². The fraction of sp³-hybridized carbons (Fsp3) is 0.118. The molecule has 0 spiro atoms. The molecule has 0 aliphatic carbocycles. The Morgan fingerprint density at radius 2 is 1.89 bits per heavy atom. The van der Waals surface area contributed by atoms with Crippen LogP contribution in [-0.4, -0.2) is 30.6 Å². The molecule has 0 fully saturated rings. The number of nitrogens with one attached hydrogen (secondary N) is 1. The van der Waals surface area contributed by atoms with Gasteiger partial charge in [0.25, 0.3) is 5.69 Å². The van der Waals surface area contributed by atoms with Gasteiger partial charge in [-0.15, -0.1) is 0 Å². The minimum atomic E-state index is -4.23. The second-order valence-corrected chi connectivity index (χ2v) is 7.48. The van der Waals surface area contributed by atoms with E-state index in [9.17, 15) is 18.5 Å². The lowest BCUT2D eigenvalue weighted by Crippen LogP contribution is -2.19. The Bertz CT molecular complexity index is 1080. The number of anilines is 1. The minimum absolute atomic E-state index is 0.391. The molecule has 27 heavy (non-hydrogen) atoms. The number of primary sulfonamides is 1. The molecule has 3 aromatic rings. The maximum Gasteiger partial charge on any atom is 0.289 e. The van der Waals surface area contributed by atoms with Crippen molar-refractivity contribution in [2.24, 2.45) is 5.14 Å². The van der Waals surface area contributed by atoms with E-state index in [1.54, 1.807) is 11.9 Å². The highest BCUT2D eigenvalue weighted by Crippen LogP contribution is 2.28. The van der Waals surface area contributed by atoms with Crippen LogP contribution in [0.3, 0.4) is 0 Å². The third-order valence-corrected chi connectivity index (χ3v) is 4.94. The van der Waals surface area contributed by atoms with E-state index in [4.69, 9.17) is 5.14 Å². The summed E-state index contributed by atoms with van der Waals surface area (Å²) < 4.78 is 23.4. The van der Waals surface area contributed by atoms with Gasteiger partial charge in [0.2, 0.25) is 10.0 Å². The van der Waals surface area contributed by atoms with Crippen molar-refractivity contribution in [1.29, 1.82) is 0 Å². The summed E-state index contributed by atoms with van der Waals surface area (Å²) in [5.41, 5.74) is 2.47. The summed E-state index contributed by atoms with van der Waals surface area (Å²) in [5, 5.41) is 23.4. The summed E-state index contributed by atoms with van der Waals surface area (Å²) in [4.78, 5) is 11.5. The molecule has 0 aliphatic heterocycles. The Labute approximate surface area is 155 Å². The monoisotopic (exact) mass is 387 g/mol. The SMILES string of the molecule is CN(Cc1cc(-c2ccccc2)n[nH]1)c1ccc([N+](=O)[O-])c(S(N)(=O)=O)c1. The Balaban J connectivity index is 1.86. The summed E-state index contributed by atoms with van der Waals surface area (Å²) in [6, 6.07) is 15.3. The number of H-pyrrole nitrogens is 1. The van der Waals surface area contributed by atoms with Crippen LogP contribution in [0.15, 0.2) is 59.5 Å². The highest BCUT2D eigenvalue weighted by Gasteiger charge is 2.24. The lowest BCUT2D eigenvalue weighted by atomic mass is 10.1.